The van der Waals surface area contributed by atoms with Crippen molar-refractivity contribution in [2.75, 3.05) is 6.54 Å². The average Bonchev–Trinajstić information content (AvgIpc) is 3.10. The molecule has 0 atom stereocenters. The Kier molecular flexibility index (Phi) is 2.01. The molecule has 2 aromatic rings. The van der Waals surface area contributed by atoms with Gasteiger partial charge < -0.3 is 5.73 Å². The van der Waals surface area contributed by atoms with Gasteiger partial charge in [-0.1, -0.05) is 30.3 Å². The van der Waals surface area contributed by atoms with Crippen LogP contribution in [0.3, 0.4) is 0 Å². The molecule has 1 fully saturated rings. The van der Waals surface area contributed by atoms with Gasteiger partial charge in [0.1, 0.15) is 5.82 Å². The molecule has 0 aliphatic heterocycles. The molecule has 2 aromatic carbocycles. The van der Waals surface area contributed by atoms with Crippen LogP contribution in [0.1, 0.15) is 18.4 Å². The number of halogens is 1. The molecule has 1 saturated carbocycles. The number of benzene rings is 2. The Labute approximate surface area is 94.1 Å². The van der Waals surface area contributed by atoms with E-state index in [2.05, 4.69) is 6.07 Å². The van der Waals surface area contributed by atoms with Crippen molar-refractivity contribution in [1.29, 1.82) is 0 Å². The van der Waals surface area contributed by atoms with E-state index in [1.807, 2.05) is 18.2 Å². The number of hydrogen-bond acceptors (Lipinski definition) is 1. The third-order valence-corrected chi connectivity index (χ3v) is 3.68. The van der Waals surface area contributed by atoms with Gasteiger partial charge in [0.15, 0.2) is 0 Å². The van der Waals surface area contributed by atoms with Gasteiger partial charge in [-0.05, 0) is 29.9 Å². The standard InChI is InChI=1S/C14H14FN/c15-13-6-2-3-10-11(13)4-1-5-12(10)14(9-16)7-8-14/h1-6H,7-9,16H2. The minimum absolute atomic E-state index is 0.118. The molecule has 0 amide bonds. The van der Waals surface area contributed by atoms with Crippen molar-refractivity contribution in [3.8, 4) is 0 Å². The van der Waals surface area contributed by atoms with Gasteiger partial charge in [-0.3, -0.25) is 0 Å². The minimum atomic E-state index is -0.146. The van der Waals surface area contributed by atoms with Gasteiger partial charge in [0, 0.05) is 17.3 Å². The maximum Gasteiger partial charge on any atom is 0.131 e. The van der Waals surface area contributed by atoms with E-state index in [1.54, 1.807) is 6.07 Å². The summed E-state index contributed by atoms with van der Waals surface area (Å²) < 4.78 is 13.6. The van der Waals surface area contributed by atoms with E-state index in [4.69, 9.17) is 5.73 Å². The lowest BCUT2D eigenvalue weighted by molar-refractivity contribution is 0.639. The van der Waals surface area contributed by atoms with Crippen molar-refractivity contribution in [2.45, 2.75) is 18.3 Å². The topological polar surface area (TPSA) is 26.0 Å². The van der Waals surface area contributed by atoms with Crippen molar-refractivity contribution < 1.29 is 4.39 Å². The van der Waals surface area contributed by atoms with E-state index < -0.39 is 0 Å². The van der Waals surface area contributed by atoms with E-state index in [0.29, 0.717) is 11.9 Å². The molecule has 0 aromatic heterocycles. The Bertz CT molecular complexity index is 543. The number of fused-ring (bicyclic) bond motifs is 1. The Morgan fingerprint density at radius 1 is 1.06 bits per heavy atom. The fourth-order valence-electron chi connectivity index (χ4n) is 2.47. The fraction of sp³-hybridized carbons (Fsp3) is 0.286. The second kappa shape index (κ2) is 3.29. The molecule has 0 saturated heterocycles. The third-order valence-electron chi connectivity index (χ3n) is 3.68. The van der Waals surface area contributed by atoms with Gasteiger partial charge in [-0.25, -0.2) is 4.39 Å². The summed E-state index contributed by atoms with van der Waals surface area (Å²) in [4.78, 5) is 0. The maximum atomic E-state index is 13.6. The van der Waals surface area contributed by atoms with Crippen LogP contribution < -0.4 is 5.73 Å². The lowest BCUT2D eigenvalue weighted by Gasteiger charge is -2.15. The van der Waals surface area contributed by atoms with Gasteiger partial charge in [-0.15, -0.1) is 0 Å². The molecule has 1 nitrogen and oxygen atoms in total. The van der Waals surface area contributed by atoms with Crippen LogP contribution in [-0.4, -0.2) is 6.54 Å². The van der Waals surface area contributed by atoms with E-state index in [1.165, 1.54) is 11.6 Å². The van der Waals surface area contributed by atoms with Gasteiger partial charge >= 0.3 is 0 Å². The summed E-state index contributed by atoms with van der Waals surface area (Å²) in [6.07, 6.45) is 2.25. The van der Waals surface area contributed by atoms with Crippen LogP contribution in [0.2, 0.25) is 0 Å². The smallest absolute Gasteiger partial charge is 0.131 e. The zero-order valence-corrected chi connectivity index (χ0v) is 9.04. The third kappa shape index (κ3) is 1.26. The number of hydrogen-bond donors (Lipinski definition) is 1. The Hall–Kier alpha value is -1.41. The minimum Gasteiger partial charge on any atom is -0.330 e. The van der Waals surface area contributed by atoms with E-state index >= 15 is 0 Å². The van der Waals surface area contributed by atoms with Crippen molar-refractivity contribution in [1.82, 2.24) is 0 Å². The summed E-state index contributed by atoms with van der Waals surface area (Å²) in [6, 6.07) is 11.1. The first-order chi connectivity index (χ1) is 7.77. The fourth-order valence-corrected chi connectivity index (χ4v) is 2.47. The Balaban J connectivity index is 2.30. The molecule has 0 unspecified atom stereocenters. The van der Waals surface area contributed by atoms with Crippen molar-refractivity contribution >= 4 is 10.8 Å². The molecule has 0 bridgehead atoms. The van der Waals surface area contributed by atoms with Gasteiger partial charge in [0.2, 0.25) is 0 Å². The average molecular weight is 215 g/mol. The predicted molar refractivity (Wildman–Crippen MR) is 63.9 cm³/mol. The molecule has 1 aliphatic rings. The van der Waals surface area contributed by atoms with Crippen molar-refractivity contribution in [2.24, 2.45) is 5.73 Å². The molecular formula is C14H14FN. The first-order valence-electron chi connectivity index (χ1n) is 5.65. The summed E-state index contributed by atoms with van der Waals surface area (Å²) in [7, 11) is 0. The lowest BCUT2D eigenvalue weighted by atomic mass is 9.91. The molecule has 0 spiro atoms. The summed E-state index contributed by atoms with van der Waals surface area (Å²) >= 11 is 0. The summed E-state index contributed by atoms with van der Waals surface area (Å²) in [5.74, 6) is -0.146. The molecule has 2 N–H and O–H groups in total. The first kappa shape index (κ1) is 9.79. The quantitative estimate of drug-likeness (QED) is 0.818. The zero-order chi connectivity index (χ0) is 11.2. The zero-order valence-electron chi connectivity index (χ0n) is 9.04. The number of nitrogens with two attached hydrogens (primary N) is 1. The second-order valence-electron chi connectivity index (χ2n) is 4.62. The van der Waals surface area contributed by atoms with Crippen molar-refractivity contribution in [3.05, 3.63) is 47.8 Å². The molecule has 2 heteroatoms. The Morgan fingerprint density at radius 2 is 1.75 bits per heavy atom. The summed E-state index contributed by atoms with van der Waals surface area (Å²) in [6.45, 7) is 0.655. The molecule has 16 heavy (non-hydrogen) atoms. The molecular weight excluding hydrogens is 201 g/mol. The van der Waals surface area contributed by atoms with Gasteiger partial charge in [0.25, 0.3) is 0 Å². The normalized spacial score (nSPS) is 17.6. The molecule has 0 radical (unpaired) electrons. The SMILES string of the molecule is NCC1(c2cccc3c(F)cccc23)CC1. The van der Waals surface area contributed by atoms with Gasteiger partial charge in [-0.2, -0.15) is 0 Å². The van der Waals surface area contributed by atoms with Crippen LogP contribution in [0, 0.1) is 5.82 Å². The van der Waals surface area contributed by atoms with E-state index in [0.717, 1.165) is 18.2 Å². The predicted octanol–water partition coefficient (Wildman–Crippen LogP) is 2.97. The summed E-state index contributed by atoms with van der Waals surface area (Å²) in [5, 5.41) is 1.73. The monoisotopic (exact) mass is 215 g/mol. The van der Waals surface area contributed by atoms with Crippen LogP contribution >= 0.6 is 0 Å². The van der Waals surface area contributed by atoms with Crippen LogP contribution in [0.5, 0.6) is 0 Å². The second-order valence-corrected chi connectivity index (χ2v) is 4.62. The highest BCUT2D eigenvalue weighted by molar-refractivity contribution is 5.87. The highest BCUT2D eigenvalue weighted by Crippen LogP contribution is 2.49. The summed E-state index contributed by atoms with van der Waals surface area (Å²) in [5.41, 5.74) is 7.17. The van der Waals surface area contributed by atoms with E-state index in [9.17, 15) is 4.39 Å². The molecule has 3 rings (SSSR count). The van der Waals surface area contributed by atoms with Crippen LogP contribution in [-0.2, 0) is 5.41 Å². The molecule has 82 valence electrons. The largest absolute Gasteiger partial charge is 0.330 e. The molecule has 1 aliphatic carbocycles. The highest BCUT2D eigenvalue weighted by atomic mass is 19.1. The van der Waals surface area contributed by atoms with E-state index in [-0.39, 0.29) is 11.2 Å². The first-order valence-corrected chi connectivity index (χ1v) is 5.65. The molecule has 0 heterocycles. The van der Waals surface area contributed by atoms with Crippen molar-refractivity contribution in [3.63, 3.8) is 0 Å². The van der Waals surface area contributed by atoms with Crippen LogP contribution in [0.4, 0.5) is 4.39 Å². The number of rotatable bonds is 2. The van der Waals surface area contributed by atoms with Gasteiger partial charge in [0.05, 0.1) is 0 Å². The lowest BCUT2D eigenvalue weighted by Crippen LogP contribution is -2.19. The maximum absolute atomic E-state index is 13.6. The Morgan fingerprint density at radius 3 is 2.44 bits per heavy atom. The van der Waals surface area contributed by atoms with Crippen LogP contribution in [0.25, 0.3) is 10.8 Å². The highest BCUT2D eigenvalue weighted by Gasteiger charge is 2.43. The van der Waals surface area contributed by atoms with Crippen LogP contribution in [0.15, 0.2) is 36.4 Å².